The van der Waals surface area contributed by atoms with Crippen LogP contribution in [-0.4, -0.2) is 25.0 Å². The van der Waals surface area contributed by atoms with E-state index >= 15 is 0 Å². The van der Waals surface area contributed by atoms with Gasteiger partial charge in [-0.1, -0.05) is 52.0 Å². The van der Waals surface area contributed by atoms with Gasteiger partial charge in [0.05, 0.1) is 0 Å². The summed E-state index contributed by atoms with van der Waals surface area (Å²) in [7, 11) is 2.18. The van der Waals surface area contributed by atoms with Crippen LogP contribution in [-0.2, 0) is 6.42 Å². The summed E-state index contributed by atoms with van der Waals surface area (Å²) in [5.41, 5.74) is 9.10. The third-order valence-corrected chi connectivity index (χ3v) is 3.27. The van der Waals surface area contributed by atoms with E-state index in [9.17, 15) is 0 Å². The van der Waals surface area contributed by atoms with Gasteiger partial charge in [0.2, 0.25) is 0 Å². The Labute approximate surface area is 112 Å². The Hall–Kier alpha value is -0.860. The molecule has 0 heterocycles. The zero-order valence-corrected chi connectivity index (χ0v) is 12.5. The largest absolute Gasteiger partial charge is 0.329 e. The zero-order chi connectivity index (χ0) is 13.8. The molecule has 2 nitrogen and oxygen atoms in total. The van der Waals surface area contributed by atoms with Crippen LogP contribution in [0.3, 0.4) is 0 Å². The van der Waals surface area contributed by atoms with Crippen molar-refractivity contribution in [2.45, 2.75) is 40.2 Å². The molecule has 1 atom stereocenters. The lowest BCUT2D eigenvalue weighted by Gasteiger charge is -2.34. The number of hydrogen-bond donors (Lipinski definition) is 1. The normalized spacial score (nSPS) is 13.9. The van der Waals surface area contributed by atoms with Crippen molar-refractivity contribution >= 4 is 0 Å². The first kappa shape index (κ1) is 15.2. The number of benzene rings is 1. The minimum atomic E-state index is 0.295. The zero-order valence-electron chi connectivity index (χ0n) is 12.5. The Bertz CT molecular complexity index is 366. The Morgan fingerprint density at radius 1 is 1.22 bits per heavy atom. The van der Waals surface area contributed by atoms with Crippen molar-refractivity contribution in [2.75, 3.05) is 20.1 Å². The molecule has 0 aliphatic heterocycles. The Kier molecular flexibility index (Phi) is 5.36. The van der Waals surface area contributed by atoms with Gasteiger partial charge in [0.15, 0.2) is 0 Å². The lowest BCUT2D eigenvalue weighted by Crippen LogP contribution is -2.36. The number of aryl methyl sites for hydroxylation is 1. The second kappa shape index (κ2) is 6.35. The Morgan fingerprint density at radius 2 is 1.83 bits per heavy atom. The van der Waals surface area contributed by atoms with Gasteiger partial charge in [-0.05, 0) is 30.0 Å². The van der Waals surface area contributed by atoms with Gasteiger partial charge in [-0.25, -0.2) is 0 Å². The van der Waals surface area contributed by atoms with Gasteiger partial charge in [-0.15, -0.1) is 0 Å². The monoisotopic (exact) mass is 248 g/mol. The molecule has 1 rings (SSSR count). The van der Waals surface area contributed by atoms with Gasteiger partial charge in [0.1, 0.15) is 0 Å². The minimum absolute atomic E-state index is 0.295. The first-order valence-electron chi connectivity index (χ1n) is 6.87. The van der Waals surface area contributed by atoms with Gasteiger partial charge in [0.25, 0.3) is 0 Å². The first-order valence-corrected chi connectivity index (χ1v) is 6.87. The van der Waals surface area contributed by atoms with E-state index in [0.29, 0.717) is 18.0 Å². The van der Waals surface area contributed by atoms with Gasteiger partial charge >= 0.3 is 0 Å². The van der Waals surface area contributed by atoms with Crippen molar-refractivity contribution in [1.29, 1.82) is 0 Å². The molecular formula is C16H28N2. The van der Waals surface area contributed by atoms with E-state index in [0.717, 1.165) is 13.0 Å². The average molecular weight is 248 g/mol. The van der Waals surface area contributed by atoms with E-state index in [4.69, 9.17) is 5.73 Å². The van der Waals surface area contributed by atoms with Crippen molar-refractivity contribution < 1.29 is 0 Å². The molecule has 0 radical (unpaired) electrons. The molecule has 0 spiro atoms. The average Bonchev–Trinajstić information content (AvgIpc) is 2.28. The smallest absolute Gasteiger partial charge is 0.0470 e. The highest BCUT2D eigenvalue weighted by Gasteiger charge is 2.22. The van der Waals surface area contributed by atoms with Crippen LogP contribution in [0.25, 0.3) is 0 Å². The molecule has 102 valence electrons. The molecule has 0 fully saturated rings. The van der Waals surface area contributed by atoms with Crippen molar-refractivity contribution in [1.82, 2.24) is 4.90 Å². The topological polar surface area (TPSA) is 29.3 Å². The molecule has 0 bridgehead atoms. The fourth-order valence-corrected chi connectivity index (χ4v) is 2.58. The summed E-state index contributed by atoms with van der Waals surface area (Å²) in [5, 5.41) is 0. The fourth-order valence-electron chi connectivity index (χ4n) is 2.58. The van der Waals surface area contributed by atoms with Crippen LogP contribution in [0, 0.1) is 5.41 Å². The van der Waals surface area contributed by atoms with Gasteiger partial charge in [-0.3, -0.25) is 4.90 Å². The lowest BCUT2D eigenvalue weighted by atomic mass is 9.93. The minimum Gasteiger partial charge on any atom is -0.329 e. The third-order valence-electron chi connectivity index (χ3n) is 3.27. The highest BCUT2D eigenvalue weighted by Crippen LogP contribution is 2.26. The van der Waals surface area contributed by atoms with Crippen LogP contribution in [0.15, 0.2) is 24.3 Å². The molecule has 0 aliphatic carbocycles. The SMILES string of the molecule is CCc1ccccc1C(CN)N(C)CC(C)(C)C. The molecule has 1 aromatic carbocycles. The van der Waals surface area contributed by atoms with E-state index < -0.39 is 0 Å². The van der Waals surface area contributed by atoms with E-state index in [1.165, 1.54) is 11.1 Å². The number of nitrogens with zero attached hydrogens (tertiary/aromatic N) is 1. The number of hydrogen-bond acceptors (Lipinski definition) is 2. The number of likely N-dealkylation sites (N-methyl/N-ethyl adjacent to an activating group) is 1. The van der Waals surface area contributed by atoms with Crippen molar-refractivity contribution in [2.24, 2.45) is 11.1 Å². The Morgan fingerprint density at radius 3 is 2.33 bits per heavy atom. The van der Waals surface area contributed by atoms with Gasteiger partial charge < -0.3 is 5.73 Å². The van der Waals surface area contributed by atoms with Crippen molar-refractivity contribution in [3.63, 3.8) is 0 Å². The third kappa shape index (κ3) is 4.11. The number of nitrogens with two attached hydrogens (primary N) is 1. The molecule has 1 aromatic rings. The molecule has 18 heavy (non-hydrogen) atoms. The molecule has 0 amide bonds. The summed E-state index contributed by atoms with van der Waals surface area (Å²) in [5.74, 6) is 0. The van der Waals surface area contributed by atoms with Crippen LogP contribution < -0.4 is 5.73 Å². The summed E-state index contributed by atoms with van der Waals surface area (Å²) >= 11 is 0. The second-order valence-corrected chi connectivity index (χ2v) is 6.28. The first-order chi connectivity index (χ1) is 8.39. The molecule has 0 saturated heterocycles. The van der Waals surface area contributed by atoms with E-state index in [1.54, 1.807) is 0 Å². The maximum atomic E-state index is 6.01. The van der Waals surface area contributed by atoms with Crippen LogP contribution in [0.2, 0.25) is 0 Å². The maximum absolute atomic E-state index is 6.01. The fraction of sp³-hybridized carbons (Fsp3) is 0.625. The van der Waals surface area contributed by atoms with Crippen molar-refractivity contribution in [3.05, 3.63) is 35.4 Å². The van der Waals surface area contributed by atoms with E-state index in [-0.39, 0.29) is 0 Å². The molecule has 1 unspecified atom stereocenters. The summed E-state index contributed by atoms with van der Waals surface area (Å²) in [4.78, 5) is 2.38. The molecular weight excluding hydrogens is 220 g/mol. The van der Waals surface area contributed by atoms with Crippen molar-refractivity contribution in [3.8, 4) is 0 Å². The predicted molar refractivity (Wildman–Crippen MR) is 79.7 cm³/mol. The highest BCUT2D eigenvalue weighted by atomic mass is 15.1. The second-order valence-electron chi connectivity index (χ2n) is 6.28. The highest BCUT2D eigenvalue weighted by molar-refractivity contribution is 5.30. The summed E-state index contributed by atoms with van der Waals surface area (Å²) in [6.07, 6.45) is 1.07. The molecule has 0 aromatic heterocycles. The predicted octanol–water partition coefficient (Wildman–Crippen LogP) is 3.23. The van der Waals surface area contributed by atoms with Crippen LogP contribution in [0.1, 0.15) is 44.9 Å². The maximum Gasteiger partial charge on any atom is 0.0470 e. The van der Waals surface area contributed by atoms with E-state index in [1.807, 2.05) is 0 Å². The van der Waals surface area contributed by atoms with Crippen LogP contribution >= 0.6 is 0 Å². The summed E-state index contributed by atoms with van der Waals surface area (Å²) in [6, 6.07) is 8.97. The van der Waals surface area contributed by atoms with E-state index in [2.05, 4.69) is 63.9 Å². The van der Waals surface area contributed by atoms with Crippen LogP contribution in [0.5, 0.6) is 0 Å². The molecule has 0 saturated carbocycles. The number of rotatable bonds is 5. The molecule has 2 N–H and O–H groups in total. The Balaban J connectivity index is 2.95. The van der Waals surface area contributed by atoms with Crippen LogP contribution in [0.4, 0.5) is 0 Å². The quantitative estimate of drug-likeness (QED) is 0.867. The molecule has 2 heteroatoms. The van der Waals surface area contributed by atoms with Gasteiger partial charge in [-0.2, -0.15) is 0 Å². The lowest BCUT2D eigenvalue weighted by molar-refractivity contribution is 0.175. The van der Waals surface area contributed by atoms with Gasteiger partial charge in [0, 0.05) is 19.1 Å². The summed E-state index contributed by atoms with van der Waals surface area (Å²) < 4.78 is 0. The molecule has 0 aliphatic rings. The summed E-state index contributed by atoms with van der Waals surface area (Å²) in [6.45, 7) is 10.7. The standard InChI is InChI=1S/C16H28N2/c1-6-13-9-7-8-10-14(13)15(11-17)18(5)12-16(2,3)4/h7-10,15H,6,11-12,17H2,1-5H3.